The molecule has 0 amide bonds. The molecule has 0 aliphatic rings. The predicted molar refractivity (Wildman–Crippen MR) is 71.3 cm³/mol. The van der Waals surface area contributed by atoms with Crippen LogP contribution < -0.4 is 5.73 Å². The summed E-state index contributed by atoms with van der Waals surface area (Å²) in [5.74, 6) is -0.358. The smallest absolute Gasteiger partial charge is 0.327 e. The average Bonchev–Trinajstić information content (AvgIpc) is 2.46. The fraction of sp³-hybridized carbons (Fsp3) is 0.133. The standard InChI is InChI=1S/C15H15NO3/c16-14(12-6-8-13(17)9-7-12)15(18)19-10-11-4-2-1-3-5-11/h1-9,14,17H,10,16H2. The number of carbonyl (C=O) groups excluding carboxylic acids is 1. The van der Waals surface area contributed by atoms with Gasteiger partial charge in [-0.1, -0.05) is 42.5 Å². The van der Waals surface area contributed by atoms with Crippen molar-refractivity contribution in [3.8, 4) is 5.75 Å². The molecule has 0 bridgehead atoms. The van der Waals surface area contributed by atoms with Gasteiger partial charge in [-0.15, -0.1) is 0 Å². The van der Waals surface area contributed by atoms with E-state index in [2.05, 4.69) is 0 Å². The van der Waals surface area contributed by atoms with Gasteiger partial charge in [0.05, 0.1) is 0 Å². The minimum Gasteiger partial charge on any atom is -0.508 e. The van der Waals surface area contributed by atoms with Crippen molar-refractivity contribution in [2.45, 2.75) is 12.6 Å². The first-order valence-electron chi connectivity index (χ1n) is 5.92. The summed E-state index contributed by atoms with van der Waals surface area (Å²) in [5, 5.41) is 9.17. The van der Waals surface area contributed by atoms with Gasteiger partial charge in [0.1, 0.15) is 18.4 Å². The van der Waals surface area contributed by atoms with Crippen molar-refractivity contribution in [3.63, 3.8) is 0 Å². The third-order valence-corrected chi connectivity index (χ3v) is 2.73. The minimum absolute atomic E-state index is 0.133. The first-order chi connectivity index (χ1) is 9.16. The number of benzene rings is 2. The van der Waals surface area contributed by atoms with Crippen LogP contribution in [-0.2, 0) is 16.1 Å². The van der Waals surface area contributed by atoms with E-state index in [1.165, 1.54) is 12.1 Å². The molecule has 2 rings (SSSR count). The fourth-order valence-electron chi connectivity index (χ4n) is 1.64. The van der Waals surface area contributed by atoms with Crippen molar-refractivity contribution in [2.75, 3.05) is 0 Å². The molecule has 19 heavy (non-hydrogen) atoms. The Balaban J connectivity index is 1.94. The lowest BCUT2D eigenvalue weighted by Crippen LogP contribution is -2.23. The van der Waals surface area contributed by atoms with E-state index < -0.39 is 12.0 Å². The first-order valence-corrected chi connectivity index (χ1v) is 5.92. The number of hydrogen-bond donors (Lipinski definition) is 2. The van der Waals surface area contributed by atoms with Gasteiger partial charge in [-0.05, 0) is 23.3 Å². The van der Waals surface area contributed by atoms with Crippen molar-refractivity contribution in [3.05, 3.63) is 65.7 Å². The zero-order valence-corrected chi connectivity index (χ0v) is 10.3. The summed E-state index contributed by atoms with van der Waals surface area (Å²) < 4.78 is 5.15. The Labute approximate surface area is 111 Å². The summed E-state index contributed by atoms with van der Waals surface area (Å²) in [4.78, 5) is 11.8. The van der Waals surface area contributed by atoms with Gasteiger partial charge in [0.25, 0.3) is 0 Å². The van der Waals surface area contributed by atoms with Gasteiger partial charge >= 0.3 is 5.97 Å². The Morgan fingerprint density at radius 2 is 1.74 bits per heavy atom. The summed E-state index contributed by atoms with van der Waals surface area (Å²) >= 11 is 0. The molecular weight excluding hydrogens is 242 g/mol. The largest absolute Gasteiger partial charge is 0.508 e. The second-order valence-electron chi connectivity index (χ2n) is 4.16. The van der Waals surface area contributed by atoms with Crippen LogP contribution in [-0.4, -0.2) is 11.1 Å². The Kier molecular flexibility index (Phi) is 4.15. The van der Waals surface area contributed by atoms with E-state index in [1.807, 2.05) is 30.3 Å². The molecule has 0 aliphatic carbocycles. The molecule has 0 saturated carbocycles. The molecule has 0 spiro atoms. The van der Waals surface area contributed by atoms with Crippen LogP contribution in [0.3, 0.4) is 0 Å². The SMILES string of the molecule is NC(C(=O)OCc1ccccc1)c1ccc(O)cc1. The Morgan fingerprint density at radius 3 is 2.37 bits per heavy atom. The van der Waals surface area contributed by atoms with E-state index in [4.69, 9.17) is 10.5 Å². The highest BCUT2D eigenvalue weighted by molar-refractivity contribution is 5.77. The Hall–Kier alpha value is -2.33. The number of esters is 1. The van der Waals surface area contributed by atoms with Gasteiger partial charge in [0.15, 0.2) is 0 Å². The fourth-order valence-corrected chi connectivity index (χ4v) is 1.64. The van der Waals surface area contributed by atoms with Crippen LogP contribution >= 0.6 is 0 Å². The van der Waals surface area contributed by atoms with Crippen LogP contribution in [0.2, 0.25) is 0 Å². The molecule has 0 aromatic heterocycles. The van der Waals surface area contributed by atoms with Crippen LogP contribution in [0.25, 0.3) is 0 Å². The molecule has 98 valence electrons. The second-order valence-corrected chi connectivity index (χ2v) is 4.16. The third kappa shape index (κ3) is 3.56. The van der Waals surface area contributed by atoms with Crippen molar-refractivity contribution < 1.29 is 14.6 Å². The number of phenolic OH excluding ortho intramolecular Hbond substituents is 1. The van der Waals surface area contributed by atoms with Crippen molar-refractivity contribution in [1.82, 2.24) is 0 Å². The van der Waals surface area contributed by atoms with Crippen LogP contribution in [0.15, 0.2) is 54.6 Å². The lowest BCUT2D eigenvalue weighted by Gasteiger charge is -2.12. The van der Waals surface area contributed by atoms with Gasteiger partial charge < -0.3 is 15.6 Å². The number of phenols is 1. The average molecular weight is 257 g/mol. The lowest BCUT2D eigenvalue weighted by molar-refractivity contribution is -0.146. The van der Waals surface area contributed by atoms with E-state index in [-0.39, 0.29) is 12.4 Å². The maximum atomic E-state index is 11.8. The van der Waals surface area contributed by atoms with E-state index in [1.54, 1.807) is 12.1 Å². The van der Waals surface area contributed by atoms with E-state index in [0.717, 1.165) is 5.56 Å². The molecule has 0 fully saturated rings. The van der Waals surface area contributed by atoms with Gasteiger partial charge in [-0.2, -0.15) is 0 Å². The minimum atomic E-state index is -0.843. The van der Waals surface area contributed by atoms with Crippen LogP contribution in [0.4, 0.5) is 0 Å². The highest BCUT2D eigenvalue weighted by atomic mass is 16.5. The molecule has 4 heteroatoms. The van der Waals surface area contributed by atoms with E-state index in [9.17, 15) is 9.90 Å². The summed E-state index contributed by atoms with van der Waals surface area (Å²) in [5.41, 5.74) is 7.31. The van der Waals surface area contributed by atoms with Crippen molar-refractivity contribution in [1.29, 1.82) is 0 Å². The topological polar surface area (TPSA) is 72.6 Å². The molecule has 2 aromatic carbocycles. The Morgan fingerprint density at radius 1 is 1.11 bits per heavy atom. The van der Waals surface area contributed by atoms with Crippen LogP contribution in [0.1, 0.15) is 17.2 Å². The number of hydrogen-bond acceptors (Lipinski definition) is 4. The first kappa shape index (κ1) is 13.1. The number of aromatic hydroxyl groups is 1. The van der Waals surface area contributed by atoms with Crippen LogP contribution in [0.5, 0.6) is 5.75 Å². The quantitative estimate of drug-likeness (QED) is 0.823. The zero-order chi connectivity index (χ0) is 13.7. The molecule has 1 unspecified atom stereocenters. The van der Waals surface area contributed by atoms with Crippen LogP contribution in [0, 0.1) is 0 Å². The van der Waals surface area contributed by atoms with Crippen molar-refractivity contribution in [2.24, 2.45) is 5.73 Å². The third-order valence-electron chi connectivity index (χ3n) is 2.73. The van der Waals surface area contributed by atoms with E-state index in [0.29, 0.717) is 5.56 Å². The molecule has 4 nitrogen and oxygen atoms in total. The second kappa shape index (κ2) is 6.02. The van der Waals surface area contributed by atoms with Gasteiger partial charge in [-0.3, -0.25) is 0 Å². The summed E-state index contributed by atoms with van der Waals surface area (Å²) in [6, 6.07) is 14.7. The molecule has 0 radical (unpaired) electrons. The maximum Gasteiger partial charge on any atom is 0.327 e. The number of carbonyl (C=O) groups is 1. The number of rotatable bonds is 4. The molecule has 0 heterocycles. The highest BCUT2D eigenvalue weighted by Crippen LogP contribution is 2.16. The van der Waals surface area contributed by atoms with E-state index >= 15 is 0 Å². The molecule has 1 atom stereocenters. The summed E-state index contributed by atoms with van der Waals surface area (Å²) in [6.07, 6.45) is 0. The highest BCUT2D eigenvalue weighted by Gasteiger charge is 2.17. The molecule has 0 aliphatic heterocycles. The lowest BCUT2D eigenvalue weighted by atomic mass is 10.1. The normalized spacial score (nSPS) is 11.8. The monoisotopic (exact) mass is 257 g/mol. The molecule has 2 aromatic rings. The van der Waals surface area contributed by atoms with Gasteiger partial charge in [-0.25, -0.2) is 4.79 Å². The van der Waals surface area contributed by atoms with Gasteiger partial charge in [0, 0.05) is 0 Å². The summed E-state index contributed by atoms with van der Waals surface area (Å²) in [6.45, 7) is 0.200. The summed E-state index contributed by atoms with van der Waals surface area (Å²) in [7, 11) is 0. The zero-order valence-electron chi connectivity index (χ0n) is 10.3. The maximum absolute atomic E-state index is 11.8. The Bertz CT molecular complexity index is 537. The molecule has 0 saturated heterocycles. The molecule has 3 N–H and O–H groups in total. The number of ether oxygens (including phenoxy) is 1. The predicted octanol–water partition coefficient (Wildman–Crippen LogP) is 2.14. The van der Waals surface area contributed by atoms with Crippen molar-refractivity contribution >= 4 is 5.97 Å². The molecular formula is C15H15NO3. The number of nitrogens with two attached hydrogens (primary N) is 1. The van der Waals surface area contributed by atoms with Gasteiger partial charge in [0.2, 0.25) is 0 Å².